The molecule has 0 aromatic rings. The van der Waals surface area contributed by atoms with Crippen molar-refractivity contribution >= 4 is 13.7 Å². The Kier molecular flexibility index (Phi) is 57.5. The minimum Gasteiger partial charge on any atom is -0.756 e. The first-order valence-electron chi connectivity index (χ1n) is 33.2. The molecule has 3 atom stereocenters. The van der Waals surface area contributed by atoms with Crippen molar-refractivity contribution in [1.82, 2.24) is 5.32 Å². The summed E-state index contributed by atoms with van der Waals surface area (Å²) in [7, 11) is 1.24. The van der Waals surface area contributed by atoms with Crippen LogP contribution in [0.5, 0.6) is 0 Å². The highest BCUT2D eigenvalue weighted by atomic mass is 31.2. The number of hydrogen-bond acceptors (Lipinski definition) is 6. The van der Waals surface area contributed by atoms with E-state index in [0.717, 1.165) is 51.4 Å². The van der Waals surface area contributed by atoms with Crippen LogP contribution in [0.15, 0.2) is 60.8 Å². The van der Waals surface area contributed by atoms with Crippen molar-refractivity contribution < 1.29 is 32.9 Å². The zero-order valence-corrected chi connectivity index (χ0v) is 52.6. The molecule has 0 aromatic carbocycles. The minimum absolute atomic E-state index is 0.00869. The molecule has 0 aliphatic carbocycles. The van der Waals surface area contributed by atoms with Gasteiger partial charge in [-0.1, -0.05) is 293 Å². The van der Waals surface area contributed by atoms with Gasteiger partial charge in [-0.15, -0.1) is 0 Å². The van der Waals surface area contributed by atoms with E-state index in [1.54, 1.807) is 6.08 Å². The Morgan fingerprint density at radius 3 is 1.13 bits per heavy atom. The highest BCUT2D eigenvalue weighted by molar-refractivity contribution is 7.45. The molecule has 0 aromatic heterocycles. The van der Waals surface area contributed by atoms with Crippen LogP contribution in [0, 0.1) is 0 Å². The molecule has 0 heterocycles. The Morgan fingerprint density at radius 2 is 0.766 bits per heavy atom. The Morgan fingerprint density at radius 1 is 0.455 bits per heavy atom. The average Bonchev–Trinajstić information content (AvgIpc) is 3.39. The summed E-state index contributed by atoms with van der Waals surface area (Å²) in [6, 6.07) is -0.910. The molecule has 452 valence electrons. The summed E-state index contributed by atoms with van der Waals surface area (Å²) in [4.78, 5) is 25.5. The molecular formula is C68H129N2O6P. The van der Waals surface area contributed by atoms with E-state index in [2.05, 4.69) is 67.8 Å². The fourth-order valence-electron chi connectivity index (χ4n) is 9.75. The number of nitrogens with one attached hydrogen (secondary N) is 1. The summed E-state index contributed by atoms with van der Waals surface area (Å²) < 4.78 is 23.4. The molecule has 0 saturated heterocycles. The molecule has 0 saturated carbocycles. The largest absolute Gasteiger partial charge is 0.756 e. The van der Waals surface area contributed by atoms with E-state index < -0.39 is 26.6 Å². The van der Waals surface area contributed by atoms with Gasteiger partial charge in [0.05, 0.1) is 39.9 Å². The van der Waals surface area contributed by atoms with Crippen molar-refractivity contribution in [3.8, 4) is 0 Å². The zero-order chi connectivity index (χ0) is 56.3. The first-order valence-corrected chi connectivity index (χ1v) is 34.6. The normalized spacial score (nSPS) is 14.1. The van der Waals surface area contributed by atoms with Crippen LogP contribution in [0.4, 0.5) is 0 Å². The van der Waals surface area contributed by atoms with E-state index in [1.807, 2.05) is 27.2 Å². The third-order valence-corrected chi connectivity index (χ3v) is 15.9. The number of likely N-dealkylation sites (N-methyl/N-ethyl adjacent to an activating group) is 1. The number of amides is 1. The Hall–Kier alpha value is -1.80. The molecule has 8 nitrogen and oxygen atoms in total. The lowest BCUT2D eigenvalue weighted by molar-refractivity contribution is -0.870. The van der Waals surface area contributed by atoms with Crippen molar-refractivity contribution in [3.63, 3.8) is 0 Å². The highest BCUT2D eigenvalue weighted by Crippen LogP contribution is 2.38. The number of allylic oxidation sites excluding steroid dienone is 9. The maximum atomic E-state index is 13.0. The van der Waals surface area contributed by atoms with E-state index in [9.17, 15) is 19.4 Å². The number of quaternary nitrogens is 1. The second-order valence-electron chi connectivity index (χ2n) is 23.8. The summed E-state index contributed by atoms with van der Waals surface area (Å²) >= 11 is 0. The fraction of sp³-hybridized carbons (Fsp3) is 0.838. The predicted molar refractivity (Wildman–Crippen MR) is 334 cm³/mol. The standard InChI is InChI=1S/C68H129N2O6P/c1-6-8-10-12-14-16-18-20-22-24-26-27-28-29-30-31-32-33-34-35-36-37-38-39-40-41-42-43-44-46-48-50-52-54-56-58-60-62-68(72)69-66(65-76-77(73,74)75-64-63-70(3,4)5)67(71)61-59-57-55-53-51-49-47-45-25-23-21-19-17-15-13-11-9-7-2/h18,20,24-26,45,51,53,59,61,66-67,71H,6-17,19,21-23,27-44,46-50,52,54-58,60,62-65H2,1-5H3,(H-,69,72,73,74)/b20-18-,26-24-,45-25+,53-51+,61-59+. The number of unbranched alkanes of at least 4 members (excludes halogenated alkanes) is 40. The SMILES string of the molecule is CCCCCCC/C=C\C/C=C\CCCCCCCCCCCCCCCCCCCCCCCCCCCC(=O)NC(COP(=O)([O-])OCC[N+](C)(C)C)C(O)/C=C/CC/C=C/CC/C=C/CCCCCCCCCC. The molecule has 0 rings (SSSR count). The van der Waals surface area contributed by atoms with Crippen LogP contribution in [0.1, 0.15) is 316 Å². The van der Waals surface area contributed by atoms with Gasteiger partial charge in [-0.3, -0.25) is 9.36 Å². The zero-order valence-electron chi connectivity index (χ0n) is 51.7. The number of phosphoric acid groups is 1. The highest BCUT2D eigenvalue weighted by Gasteiger charge is 2.23. The van der Waals surface area contributed by atoms with Crippen LogP contribution >= 0.6 is 7.82 Å². The number of aliphatic hydroxyl groups excluding tert-OH is 1. The summed E-state index contributed by atoms with van der Waals surface area (Å²) in [5, 5.41) is 13.9. The van der Waals surface area contributed by atoms with E-state index in [-0.39, 0.29) is 12.5 Å². The molecule has 0 spiro atoms. The van der Waals surface area contributed by atoms with Crippen molar-refractivity contribution in [2.24, 2.45) is 0 Å². The van der Waals surface area contributed by atoms with Gasteiger partial charge < -0.3 is 28.8 Å². The molecule has 3 unspecified atom stereocenters. The van der Waals surface area contributed by atoms with E-state index in [4.69, 9.17) is 9.05 Å². The first kappa shape index (κ1) is 75.2. The lowest BCUT2D eigenvalue weighted by Crippen LogP contribution is -2.45. The van der Waals surface area contributed by atoms with Crippen molar-refractivity contribution in [1.29, 1.82) is 0 Å². The van der Waals surface area contributed by atoms with Gasteiger partial charge in [0.15, 0.2) is 0 Å². The smallest absolute Gasteiger partial charge is 0.268 e. The van der Waals surface area contributed by atoms with Crippen LogP contribution in [0.2, 0.25) is 0 Å². The lowest BCUT2D eigenvalue weighted by Gasteiger charge is -2.29. The maximum absolute atomic E-state index is 13.0. The second kappa shape index (κ2) is 58.8. The van der Waals surface area contributed by atoms with Crippen LogP contribution in [0.25, 0.3) is 0 Å². The van der Waals surface area contributed by atoms with Crippen molar-refractivity contribution in [3.05, 3.63) is 60.8 Å². The van der Waals surface area contributed by atoms with Gasteiger partial charge in [-0.2, -0.15) is 0 Å². The van der Waals surface area contributed by atoms with E-state index >= 15 is 0 Å². The van der Waals surface area contributed by atoms with Crippen LogP contribution in [-0.2, 0) is 18.4 Å². The number of hydrogen-bond donors (Lipinski definition) is 2. The Labute approximate surface area is 479 Å². The number of phosphoric ester groups is 1. The first-order chi connectivity index (χ1) is 37.5. The van der Waals surface area contributed by atoms with Gasteiger partial charge in [0.1, 0.15) is 13.2 Å². The topological polar surface area (TPSA) is 108 Å². The maximum Gasteiger partial charge on any atom is 0.268 e. The van der Waals surface area contributed by atoms with Crippen LogP contribution in [0.3, 0.4) is 0 Å². The molecule has 77 heavy (non-hydrogen) atoms. The third kappa shape index (κ3) is 61.7. The molecule has 1 amide bonds. The van der Waals surface area contributed by atoms with Gasteiger partial charge >= 0.3 is 0 Å². The van der Waals surface area contributed by atoms with Crippen LogP contribution in [-0.4, -0.2) is 68.5 Å². The lowest BCUT2D eigenvalue weighted by atomic mass is 10.0. The Bertz CT molecular complexity index is 1440. The van der Waals surface area contributed by atoms with Gasteiger partial charge in [0.25, 0.3) is 7.82 Å². The molecule has 0 aliphatic heterocycles. The molecule has 2 N–H and O–H groups in total. The number of aliphatic hydroxyl groups is 1. The third-order valence-electron chi connectivity index (χ3n) is 14.9. The van der Waals surface area contributed by atoms with Crippen molar-refractivity contribution in [2.45, 2.75) is 328 Å². The van der Waals surface area contributed by atoms with Gasteiger partial charge in [-0.05, 0) is 77.0 Å². The van der Waals surface area contributed by atoms with E-state index in [0.29, 0.717) is 17.4 Å². The quantitative estimate of drug-likeness (QED) is 0.0272. The molecule has 0 aliphatic rings. The monoisotopic (exact) mass is 1100 g/mol. The van der Waals surface area contributed by atoms with Gasteiger partial charge in [-0.25, -0.2) is 0 Å². The van der Waals surface area contributed by atoms with E-state index in [1.165, 1.54) is 244 Å². The molecular weight excluding hydrogens is 972 g/mol. The number of carbonyl (C=O) groups excluding carboxylic acids is 1. The van der Waals surface area contributed by atoms with Gasteiger partial charge in [0.2, 0.25) is 5.91 Å². The average molecular weight is 1100 g/mol. The fourth-order valence-corrected chi connectivity index (χ4v) is 10.5. The Balaban J connectivity index is 4.00. The molecule has 0 radical (unpaired) electrons. The van der Waals surface area contributed by atoms with Crippen LogP contribution < -0.4 is 10.2 Å². The number of carbonyl (C=O) groups is 1. The molecule has 9 heteroatoms. The number of rotatable bonds is 61. The molecule has 0 fully saturated rings. The molecule has 0 bridgehead atoms. The summed E-state index contributed by atoms with van der Waals surface area (Å²) in [5.74, 6) is -0.207. The second-order valence-corrected chi connectivity index (χ2v) is 25.2. The predicted octanol–water partition coefficient (Wildman–Crippen LogP) is 20.2. The van der Waals surface area contributed by atoms with Crippen molar-refractivity contribution in [2.75, 3.05) is 40.9 Å². The minimum atomic E-state index is -4.61. The summed E-state index contributed by atoms with van der Waals surface area (Å²) in [6.45, 7) is 4.63. The number of nitrogens with zero attached hydrogens (tertiary/aromatic N) is 1. The summed E-state index contributed by atoms with van der Waals surface area (Å²) in [6.07, 6.45) is 80.6. The van der Waals surface area contributed by atoms with Gasteiger partial charge in [0, 0.05) is 6.42 Å². The summed E-state index contributed by atoms with van der Waals surface area (Å²) in [5.41, 5.74) is 0.